The van der Waals surface area contributed by atoms with Crippen molar-refractivity contribution in [1.29, 1.82) is 0 Å². The van der Waals surface area contributed by atoms with Gasteiger partial charge in [0.2, 0.25) is 5.13 Å². The zero-order valence-corrected chi connectivity index (χ0v) is 9.24. The Kier molecular flexibility index (Phi) is 2.94. The van der Waals surface area contributed by atoms with Crippen LogP contribution < -0.4 is 10.6 Å². The lowest BCUT2D eigenvalue weighted by Crippen LogP contribution is -2.09. The molecule has 0 spiro atoms. The van der Waals surface area contributed by atoms with Crippen LogP contribution in [0.15, 0.2) is 30.6 Å². The summed E-state index contributed by atoms with van der Waals surface area (Å²) in [6.07, 6.45) is 1.56. The summed E-state index contributed by atoms with van der Waals surface area (Å²) in [6.45, 7) is 0.553. The summed E-state index contributed by atoms with van der Waals surface area (Å²) in [4.78, 5) is 6.15. The van der Waals surface area contributed by atoms with Crippen LogP contribution in [-0.2, 0) is 6.54 Å². The third kappa shape index (κ3) is 2.14. The topological polar surface area (TPSA) is 55.0 Å². The van der Waals surface area contributed by atoms with Gasteiger partial charge in [0.15, 0.2) is 0 Å². The van der Waals surface area contributed by atoms with Crippen LogP contribution in [0.2, 0.25) is 0 Å². The summed E-state index contributed by atoms with van der Waals surface area (Å²) >= 11 is 1.37. The number of hydrogen-bond acceptors (Lipinski definition) is 5. The van der Waals surface area contributed by atoms with Crippen LogP contribution in [0.5, 0.6) is 0 Å². The van der Waals surface area contributed by atoms with Crippen molar-refractivity contribution in [3.63, 3.8) is 0 Å². The Morgan fingerprint density at radius 1 is 1.47 bits per heavy atom. The van der Waals surface area contributed by atoms with Gasteiger partial charge in [0.1, 0.15) is 6.33 Å². The largest absolute Gasteiger partial charge is 0.326 e. The van der Waals surface area contributed by atoms with Crippen molar-refractivity contribution in [2.45, 2.75) is 6.54 Å². The van der Waals surface area contributed by atoms with E-state index in [-0.39, 0.29) is 0 Å². The molecule has 2 N–H and O–H groups in total. The van der Waals surface area contributed by atoms with Crippen LogP contribution in [0.25, 0.3) is 0 Å². The van der Waals surface area contributed by atoms with E-state index < -0.39 is 0 Å². The van der Waals surface area contributed by atoms with Gasteiger partial charge < -0.3 is 10.6 Å². The SMILES string of the molecule is CN(c1cccc(CN)c1)c1ncns1. The number of benzene rings is 1. The van der Waals surface area contributed by atoms with E-state index >= 15 is 0 Å². The lowest BCUT2D eigenvalue weighted by molar-refractivity contribution is 1.06. The van der Waals surface area contributed by atoms with Crippen molar-refractivity contribution in [2.24, 2.45) is 5.73 Å². The van der Waals surface area contributed by atoms with Gasteiger partial charge in [-0.3, -0.25) is 0 Å². The molecule has 0 aliphatic heterocycles. The molecule has 0 saturated heterocycles. The minimum absolute atomic E-state index is 0.553. The first kappa shape index (κ1) is 10.1. The number of aromatic nitrogens is 2. The molecular formula is C10H12N4S. The number of hydrogen-bond donors (Lipinski definition) is 1. The maximum Gasteiger partial charge on any atom is 0.209 e. The van der Waals surface area contributed by atoms with Crippen molar-refractivity contribution in [1.82, 2.24) is 9.36 Å². The molecule has 78 valence electrons. The van der Waals surface area contributed by atoms with Crippen molar-refractivity contribution >= 4 is 22.4 Å². The van der Waals surface area contributed by atoms with Gasteiger partial charge in [0.25, 0.3) is 0 Å². The smallest absolute Gasteiger partial charge is 0.209 e. The van der Waals surface area contributed by atoms with Crippen LogP contribution in [0.4, 0.5) is 10.8 Å². The van der Waals surface area contributed by atoms with Gasteiger partial charge >= 0.3 is 0 Å². The third-order valence-corrected chi connectivity index (χ3v) is 2.91. The summed E-state index contributed by atoms with van der Waals surface area (Å²) < 4.78 is 3.98. The van der Waals surface area contributed by atoms with Crippen LogP contribution in [0, 0.1) is 0 Å². The summed E-state index contributed by atoms with van der Waals surface area (Å²) in [5.74, 6) is 0. The average molecular weight is 220 g/mol. The fraction of sp³-hybridized carbons (Fsp3) is 0.200. The zero-order valence-electron chi connectivity index (χ0n) is 8.42. The Balaban J connectivity index is 2.29. The summed E-state index contributed by atoms with van der Waals surface area (Å²) in [5.41, 5.74) is 7.79. The van der Waals surface area contributed by atoms with Gasteiger partial charge in [-0.05, 0) is 17.7 Å². The fourth-order valence-electron chi connectivity index (χ4n) is 1.32. The monoisotopic (exact) mass is 220 g/mol. The van der Waals surface area contributed by atoms with Gasteiger partial charge in [-0.15, -0.1) is 0 Å². The predicted octanol–water partition coefficient (Wildman–Crippen LogP) is 1.76. The highest BCUT2D eigenvalue weighted by Crippen LogP contribution is 2.24. The van der Waals surface area contributed by atoms with Crippen LogP contribution >= 0.6 is 11.5 Å². The van der Waals surface area contributed by atoms with E-state index in [1.165, 1.54) is 11.5 Å². The Bertz CT molecular complexity index is 427. The first-order valence-corrected chi connectivity index (χ1v) is 5.38. The first-order chi connectivity index (χ1) is 7.31. The van der Waals surface area contributed by atoms with Crippen molar-refractivity contribution in [3.8, 4) is 0 Å². The van der Waals surface area contributed by atoms with Crippen LogP contribution in [0.1, 0.15) is 5.56 Å². The van der Waals surface area contributed by atoms with Crippen LogP contribution in [0.3, 0.4) is 0 Å². The van der Waals surface area contributed by atoms with Gasteiger partial charge in [0, 0.05) is 30.8 Å². The second-order valence-corrected chi connectivity index (χ2v) is 3.92. The average Bonchev–Trinajstić information content (AvgIpc) is 2.81. The summed E-state index contributed by atoms with van der Waals surface area (Å²) in [6, 6.07) is 8.09. The minimum atomic E-state index is 0.553. The first-order valence-electron chi connectivity index (χ1n) is 4.60. The molecular weight excluding hydrogens is 208 g/mol. The van der Waals surface area contributed by atoms with E-state index in [2.05, 4.69) is 15.4 Å². The van der Waals surface area contributed by atoms with Crippen molar-refractivity contribution < 1.29 is 0 Å². The quantitative estimate of drug-likeness (QED) is 0.856. The maximum atomic E-state index is 5.59. The molecule has 0 fully saturated rings. The lowest BCUT2D eigenvalue weighted by Gasteiger charge is -2.15. The molecule has 2 rings (SSSR count). The highest BCUT2D eigenvalue weighted by Gasteiger charge is 2.06. The molecule has 0 radical (unpaired) electrons. The molecule has 0 aliphatic carbocycles. The summed E-state index contributed by atoms with van der Waals surface area (Å²) in [5, 5.41) is 0.879. The Morgan fingerprint density at radius 3 is 3.00 bits per heavy atom. The highest BCUT2D eigenvalue weighted by atomic mass is 32.1. The second-order valence-electron chi connectivity index (χ2n) is 3.16. The van der Waals surface area contributed by atoms with E-state index in [1.54, 1.807) is 6.33 Å². The molecule has 0 saturated carbocycles. The zero-order chi connectivity index (χ0) is 10.7. The molecule has 5 heteroatoms. The molecule has 0 unspecified atom stereocenters. The number of anilines is 2. The van der Waals surface area contributed by atoms with Gasteiger partial charge in [-0.25, -0.2) is 4.98 Å². The molecule has 0 atom stereocenters. The molecule has 2 aromatic rings. The number of nitrogens with zero attached hydrogens (tertiary/aromatic N) is 3. The van der Waals surface area contributed by atoms with Gasteiger partial charge in [0.05, 0.1) is 0 Å². The molecule has 4 nitrogen and oxygen atoms in total. The predicted molar refractivity (Wildman–Crippen MR) is 62.3 cm³/mol. The Morgan fingerprint density at radius 2 is 2.33 bits per heavy atom. The molecule has 1 heterocycles. The molecule has 15 heavy (non-hydrogen) atoms. The summed E-state index contributed by atoms with van der Waals surface area (Å²) in [7, 11) is 1.97. The van der Waals surface area contributed by atoms with E-state index in [4.69, 9.17) is 5.73 Å². The minimum Gasteiger partial charge on any atom is -0.326 e. The number of rotatable bonds is 3. The fourth-order valence-corrected chi connectivity index (χ4v) is 1.83. The lowest BCUT2D eigenvalue weighted by atomic mass is 10.2. The van der Waals surface area contributed by atoms with Crippen molar-refractivity contribution in [2.75, 3.05) is 11.9 Å². The maximum absolute atomic E-state index is 5.59. The van der Waals surface area contributed by atoms with E-state index in [0.717, 1.165) is 16.4 Å². The number of nitrogens with two attached hydrogens (primary N) is 1. The van der Waals surface area contributed by atoms with Gasteiger partial charge in [-0.2, -0.15) is 4.37 Å². The molecule has 0 aliphatic rings. The Labute approximate surface area is 92.5 Å². The van der Waals surface area contributed by atoms with Gasteiger partial charge in [-0.1, -0.05) is 12.1 Å². The normalized spacial score (nSPS) is 10.3. The van der Waals surface area contributed by atoms with Crippen molar-refractivity contribution in [3.05, 3.63) is 36.2 Å². The Hall–Kier alpha value is -1.46. The molecule has 1 aromatic heterocycles. The van der Waals surface area contributed by atoms with Crippen LogP contribution in [-0.4, -0.2) is 16.4 Å². The standard InChI is InChI=1S/C10H12N4S/c1-14(10-12-7-13-15-10)9-4-2-3-8(5-9)6-11/h2-5,7H,6,11H2,1H3. The highest BCUT2D eigenvalue weighted by molar-refractivity contribution is 7.09. The third-order valence-electron chi connectivity index (χ3n) is 2.17. The molecule has 0 amide bonds. The molecule has 0 bridgehead atoms. The van der Waals surface area contributed by atoms with E-state index in [1.807, 2.05) is 30.1 Å². The second kappa shape index (κ2) is 4.37. The van der Waals surface area contributed by atoms with E-state index in [0.29, 0.717) is 6.54 Å². The molecule has 1 aromatic carbocycles. The van der Waals surface area contributed by atoms with E-state index in [9.17, 15) is 0 Å².